The Morgan fingerprint density at radius 2 is 1.25 bits per heavy atom. The van der Waals surface area contributed by atoms with Crippen LogP contribution in [-0.2, 0) is 0 Å². The summed E-state index contributed by atoms with van der Waals surface area (Å²) in [5.41, 5.74) is 2.61. The fourth-order valence-corrected chi connectivity index (χ4v) is 3.24. The lowest BCUT2D eigenvalue weighted by atomic mass is 9.93. The Balaban J connectivity index is 2.07. The summed E-state index contributed by atoms with van der Waals surface area (Å²) in [4.78, 5) is 26.4. The van der Waals surface area contributed by atoms with Crippen LogP contribution in [0, 0.1) is 0 Å². The molecule has 2 nitrogen and oxygen atoms in total. The van der Waals surface area contributed by atoms with E-state index in [2.05, 4.69) is 0 Å². The zero-order valence-corrected chi connectivity index (χ0v) is 14.0. The van der Waals surface area contributed by atoms with Crippen molar-refractivity contribution in [1.29, 1.82) is 0 Å². The molecule has 3 rings (SSSR count). The number of thioether (sulfide) groups is 1. The minimum Gasteiger partial charge on any atom is -0.285 e. The molecule has 0 N–H and O–H groups in total. The van der Waals surface area contributed by atoms with Gasteiger partial charge in [-0.3, -0.25) is 9.59 Å². The molecule has 118 valence electrons. The van der Waals surface area contributed by atoms with E-state index in [1.165, 1.54) is 0 Å². The van der Waals surface area contributed by atoms with Gasteiger partial charge < -0.3 is 0 Å². The number of hydrogen-bond acceptors (Lipinski definition) is 3. The molecule has 0 fully saturated rings. The van der Waals surface area contributed by atoms with Crippen LogP contribution in [0.4, 0.5) is 0 Å². The second-order valence-corrected chi connectivity index (χ2v) is 6.12. The van der Waals surface area contributed by atoms with Gasteiger partial charge in [0.1, 0.15) is 0 Å². The Hall–Kier alpha value is -2.65. The van der Waals surface area contributed by atoms with Crippen molar-refractivity contribution < 1.29 is 9.59 Å². The summed E-state index contributed by atoms with van der Waals surface area (Å²) in [5.74, 6) is -0.961. The molecule has 0 spiro atoms. The maximum absolute atomic E-state index is 12.8. The van der Waals surface area contributed by atoms with Crippen LogP contribution >= 0.6 is 11.8 Å². The minimum atomic E-state index is -0.482. The Morgan fingerprint density at radius 1 is 0.667 bits per heavy atom. The van der Waals surface area contributed by atoms with Crippen molar-refractivity contribution in [2.45, 2.75) is 4.90 Å². The molecule has 0 aromatic heterocycles. The third-order valence-corrected chi connectivity index (χ3v) is 4.61. The highest BCUT2D eigenvalue weighted by molar-refractivity contribution is 7.98. The number of carbonyl (C=O) groups excluding carboxylic acids is 2. The molecule has 0 heterocycles. The normalized spacial score (nSPS) is 10.4. The van der Waals surface area contributed by atoms with E-state index < -0.39 is 11.6 Å². The largest absolute Gasteiger partial charge is 0.285 e. The van der Waals surface area contributed by atoms with Crippen molar-refractivity contribution in [2.24, 2.45) is 0 Å². The first-order chi connectivity index (χ1) is 11.7. The van der Waals surface area contributed by atoms with Crippen molar-refractivity contribution in [2.75, 3.05) is 6.26 Å². The fourth-order valence-electron chi connectivity index (χ4n) is 2.63. The van der Waals surface area contributed by atoms with Crippen LogP contribution in [0.2, 0.25) is 0 Å². The van der Waals surface area contributed by atoms with Crippen LogP contribution in [0.5, 0.6) is 0 Å². The van der Waals surface area contributed by atoms with Crippen LogP contribution in [-0.4, -0.2) is 17.8 Å². The predicted molar refractivity (Wildman–Crippen MR) is 98.8 cm³/mol. The van der Waals surface area contributed by atoms with E-state index >= 15 is 0 Å². The molecule has 0 amide bonds. The summed E-state index contributed by atoms with van der Waals surface area (Å²) in [6.45, 7) is 0. The molecule has 0 bridgehead atoms. The molecule has 0 aliphatic rings. The number of rotatable bonds is 5. The van der Waals surface area contributed by atoms with Gasteiger partial charge in [0.2, 0.25) is 11.6 Å². The van der Waals surface area contributed by atoms with E-state index in [9.17, 15) is 9.59 Å². The summed E-state index contributed by atoms with van der Waals surface area (Å²) in [7, 11) is 0. The molecule has 3 aromatic carbocycles. The van der Waals surface area contributed by atoms with Gasteiger partial charge in [0.25, 0.3) is 0 Å². The highest BCUT2D eigenvalue weighted by Crippen LogP contribution is 2.32. The molecular formula is C21H16O2S. The molecule has 0 aliphatic carbocycles. The van der Waals surface area contributed by atoms with Gasteiger partial charge in [0, 0.05) is 16.0 Å². The maximum atomic E-state index is 12.8. The lowest BCUT2D eigenvalue weighted by molar-refractivity contribution is 0.0817. The highest BCUT2D eigenvalue weighted by atomic mass is 32.2. The van der Waals surface area contributed by atoms with Crippen molar-refractivity contribution in [3.8, 4) is 11.1 Å². The first-order valence-electron chi connectivity index (χ1n) is 7.59. The monoisotopic (exact) mass is 332 g/mol. The van der Waals surface area contributed by atoms with Gasteiger partial charge in [0.05, 0.1) is 0 Å². The number of ketones is 2. The van der Waals surface area contributed by atoms with E-state index in [0.717, 1.165) is 16.0 Å². The topological polar surface area (TPSA) is 34.1 Å². The zero-order valence-electron chi connectivity index (χ0n) is 13.2. The third-order valence-electron chi connectivity index (χ3n) is 3.81. The number of benzene rings is 3. The van der Waals surface area contributed by atoms with Gasteiger partial charge in [-0.2, -0.15) is 0 Å². The average molecular weight is 332 g/mol. The molecule has 0 saturated carbocycles. The summed E-state index contributed by atoms with van der Waals surface area (Å²) < 4.78 is 0. The van der Waals surface area contributed by atoms with Gasteiger partial charge >= 0.3 is 0 Å². The lowest BCUT2D eigenvalue weighted by Crippen LogP contribution is -2.15. The van der Waals surface area contributed by atoms with E-state index in [1.807, 2.05) is 48.7 Å². The van der Waals surface area contributed by atoms with Crippen molar-refractivity contribution in [1.82, 2.24) is 0 Å². The average Bonchev–Trinajstić information content (AvgIpc) is 2.67. The Labute approximate surface area is 145 Å². The van der Waals surface area contributed by atoms with Crippen LogP contribution < -0.4 is 0 Å². The van der Waals surface area contributed by atoms with Crippen LogP contribution in [0.15, 0.2) is 83.8 Å². The number of hydrogen-bond donors (Lipinski definition) is 0. The minimum absolute atomic E-state index is 0.412. The van der Waals surface area contributed by atoms with Crippen molar-refractivity contribution in [3.05, 3.63) is 90.0 Å². The molecule has 0 unspecified atom stereocenters. The van der Waals surface area contributed by atoms with E-state index in [-0.39, 0.29) is 0 Å². The van der Waals surface area contributed by atoms with Gasteiger partial charge in [-0.05, 0) is 23.4 Å². The first kappa shape index (κ1) is 16.2. The third kappa shape index (κ3) is 3.17. The fraction of sp³-hybridized carbons (Fsp3) is 0.0476. The van der Waals surface area contributed by atoms with E-state index in [1.54, 1.807) is 48.2 Å². The standard InChI is InChI=1S/C21H16O2S/c1-24-19-14-8-7-12-17(19)16-11-5-6-13-18(16)21(23)20(22)15-9-3-2-4-10-15/h2-14H,1H3. The Morgan fingerprint density at radius 3 is 1.96 bits per heavy atom. The number of Topliss-reactive ketones (excluding diaryl/α,β-unsaturated/α-hetero) is 2. The van der Waals surface area contributed by atoms with Gasteiger partial charge in [-0.25, -0.2) is 0 Å². The molecule has 0 aliphatic heterocycles. The summed E-state index contributed by atoms with van der Waals surface area (Å²) in [6.07, 6.45) is 2.00. The van der Waals surface area contributed by atoms with Crippen LogP contribution in [0.25, 0.3) is 11.1 Å². The first-order valence-corrected chi connectivity index (χ1v) is 8.81. The second kappa shape index (κ2) is 7.28. The summed E-state index contributed by atoms with van der Waals surface area (Å²) >= 11 is 1.62. The molecule has 0 radical (unpaired) electrons. The lowest BCUT2D eigenvalue weighted by Gasteiger charge is -2.11. The van der Waals surface area contributed by atoms with Gasteiger partial charge in [0.15, 0.2) is 0 Å². The van der Waals surface area contributed by atoms with E-state index in [0.29, 0.717) is 11.1 Å². The molecule has 3 aromatic rings. The summed E-state index contributed by atoms with van der Waals surface area (Å²) in [5, 5.41) is 0. The Kier molecular flexibility index (Phi) is 4.92. The van der Waals surface area contributed by atoms with Crippen LogP contribution in [0.3, 0.4) is 0 Å². The quantitative estimate of drug-likeness (QED) is 0.368. The molecule has 3 heteroatoms. The SMILES string of the molecule is CSc1ccccc1-c1ccccc1C(=O)C(=O)c1ccccc1. The number of carbonyl (C=O) groups is 2. The zero-order chi connectivity index (χ0) is 16.9. The van der Waals surface area contributed by atoms with Gasteiger partial charge in [-0.1, -0.05) is 72.8 Å². The Bertz CT molecular complexity index is 885. The highest BCUT2D eigenvalue weighted by Gasteiger charge is 2.22. The summed E-state index contributed by atoms with van der Waals surface area (Å²) in [6, 6.07) is 23.9. The molecule has 0 atom stereocenters. The van der Waals surface area contributed by atoms with Gasteiger partial charge in [-0.15, -0.1) is 11.8 Å². The predicted octanol–water partition coefficient (Wildman–Crippen LogP) is 5.14. The molecular weight excluding hydrogens is 316 g/mol. The van der Waals surface area contributed by atoms with Crippen LogP contribution in [0.1, 0.15) is 20.7 Å². The molecule has 24 heavy (non-hydrogen) atoms. The smallest absolute Gasteiger partial charge is 0.234 e. The van der Waals surface area contributed by atoms with Crippen molar-refractivity contribution >= 4 is 23.3 Å². The molecule has 0 saturated heterocycles. The van der Waals surface area contributed by atoms with E-state index in [4.69, 9.17) is 0 Å². The van der Waals surface area contributed by atoms with Crippen molar-refractivity contribution in [3.63, 3.8) is 0 Å². The second-order valence-electron chi connectivity index (χ2n) is 5.27. The maximum Gasteiger partial charge on any atom is 0.234 e.